The van der Waals surface area contributed by atoms with E-state index in [-0.39, 0.29) is 5.97 Å². The summed E-state index contributed by atoms with van der Waals surface area (Å²) in [5.74, 6) is -0.136. The molecule has 0 amide bonds. The van der Waals surface area contributed by atoms with Gasteiger partial charge in [0.15, 0.2) is 0 Å². The second-order valence-electron chi connectivity index (χ2n) is 5.80. The molecule has 0 aliphatic heterocycles. The van der Waals surface area contributed by atoms with Crippen LogP contribution in [0.1, 0.15) is 39.3 Å². The lowest BCUT2D eigenvalue weighted by atomic mass is 9.92. The summed E-state index contributed by atoms with van der Waals surface area (Å²) in [5.41, 5.74) is 1.08. The van der Waals surface area contributed by atoms with Crippen LogP contribution in [0.4, 0.5) is 0 Å². The van der Waals surface area contributed by atoms with Crippen LogP contribution in [0.5, 0.6) is 0 Å². The Morgan fingerprint density at radius 3 is 2.59 bits per heavy atom. The van der Waals surface area contributed by atoms with Crippen molar-refractivity contribution in [3.8, 4) is 0 Å². The fourth-order valence-electron chi connectivity index (χ4n) is 1.86. The Kier molecular flexibility index (Phi) is 2.76. The number of esters is 1. The zero-order valence-electron chi connectivity index (χ0n) is 10.9. The molecule has 1 aliphatic carbocycles. The van der Waals surface area contributed by atoms with Gasteiger partial charge in [0, 0.05) is 6.20 Å². The van der Waals surface area contributed by atoms with Crippen LogP contribution < -0.4 is 5.46 Å². The molecule has 0 N–H and O–H groups in total. The van der Waals surface area contributed by atoms with E-state index in [1.165, 1.54) is 0 Å². The highest BCUT2D eigenvalue weighted by Crippen LogP contribution is 2.48. The number of pyridine rings is 1. The summed E-state index contributed by atoms with van der Waals surface area (Å²) in [6.07, 6.45) is 3.45. The second-order valence-corrected chi connectivity index (χ2v) is 5.80. The number of rotatable bonds is 2. The largest absolute Gasteiger partial charge is 0.459 e. The van der Waals surface area contributed by atoms with E-state index in [1.807, 2.05) is 40.8 Å². The molecule has 0 saturated heterocycles. The van der Waals surface area contributed by atoms with Gasteiger partial charge in [0.1, 0.15) is 18.9 Å². The summed E-state index contributed by atoms with van der Waals surface area (Å²) >= 11 is 0. The van der Waals surface area contributed by atoms with Crippen molar-refractivity contribution in [2.45, 2.75) is 44.6 Å². The lowest BCUT2D eigenvalue weighted by Gasteiger charge is -2.23. The van der Waals surface area contributed by atoms with E-state index < -0.39 is 11.0 Å². The fourth-order valence-corrected chi connectivity index (χ4v) is 1.86. The van der Waals surface area contributed by atoms with E-state index in [1.54, 1.807) is 6.20 Å². The topological polar surface area (TPSA) is 39.2 Å². The van der Waals surface area contributed by atoms with E-state index in [0.29, 0.717) is 0 Å². The number of hydrogen-bond acceptors (Lipinski definition) is 3. The van der Waals surface area contributed by atoms with Crippen molar-refractivity contribution in [1.29, 1.82) is 0 Å². The fraction of sp³-hybridized carbons (Fsp3) is 0.538. The smallest absolute Gasteiger partial charge is 0.318 e. The molecule has 0 unspecified atom stereocenters. The normalized spacial score (nSPS) is 17.6. The zero-order valence-corrected chi connectivity index (χ0v) is 10.9. The molecule has 1 aromatic heterocycles. The van der Waals surface area contributed by atoms with Gasteiger partial charge >= 0.3 is 5.97 Å². The number of aromatic nitrogens is 1. The summed E-state index contributed by atoms with van der Waals surface area (Å²) in [4.78, 5) is 16.5. The molecule has 0 atom stereocenters. The number of hydrogen-bond donors (Lipinski definition) is 0. The SMILES string of the molecule is Bc1ccnc(C2(C(=O)OC(C)(C)C)CC2)c1. The predicted molar refractivity (Wildman–Crippen MR) is 69.2 cm³/mol. The Morgan fingerprint density at radius 2 is 2.12 bits per heavy atom. The summed E-state index contributed by atoms with van der Waals surface area (Å²) in [5, 5.41) is 0. The molecule has 3 nitrogen and oxygen atoms in total. The predicted octanol–water partition coefficient (Wildman–Crippen LogP) is 0.713. The molecule has 1 fully saturated rings. The molecule has 0 bridgehead atoms. The second kappa shape index (κ2) is 3.86. The molecular weight excluding hydrogens is 213 g/mol. The minimum atomic E-state index is -0.473. The van der Waals surface area contributed by atoms with Crippen LogP contribution in [0.2, 0.25) is 0 Å². The molecule has 2 rings (SSSR count). The molecule has 0 aromatic carbocycles. The van der Waals surface area contributed by atoms with Gasteiger partial charge in [-0.2, -0.15) is 0 Å². The number of carbonyl (C=O) groups is 1. The van der Waals surface area contributed by atoms with E-state index in [9.17, 15) is 4.79 Å². The van der Waals surface area contributed by atoms with Crippen LogP contribution in [0, 0.1) is 0 Å². The summed E-state index contributed by atoms with van der Waals surface area (Å²) < 4.78 is 5.48. The molecule has 0 radical (unpaired) electrons. The molecule has 4 heteroatoms. The van der Waals surface area contributed by atoms with E-state index in [0.717, 1.165) is 24.0 Å². The van der Waals surface area contributed by atoms with E-state index in [4.69, 9.17) is 4.74 Å². The van der Waals surface area contributed by atoms with Gasteiger partial charge in [0.25, 0.3) is 0 Å². The van der Waals surface area contributed by atoms with Crippen molar-refractivity contribution in [3.63, 3.8) is 0 Å². The van der Waals surface area contributed by atoms with Gasteiger partial charge in [-0.05, 0) is 39.7 Å². The summed E-state index contributed by atoms with van der Waals surface area (Å²) in [6.45, 7) is 5.68. The Hall–Kier alpha value is -1.32. The Labute approximate surface area is 103 Å². The van der Waals surface area contributed by atoms with Crippen molar-refractivity contribution >= 4 is 19.3 Å². The first-order chi connectivity index (χ1) is 7.83. The average molecular weight is 231 g/mol. The van der Waals surface area contributed by atoms with Crippen molar-refractivity contribution in [2.75, 3.05) is 0 Å². The summed E-state index contributed by atoms with van der Waals surface area (Å²) in [7, 11) is 2.01. The maximum absolute atomic E-state index is 12.2. The number of nitrogens with zero attached hydrogens (tertiary/aromatic N) is 1. The van der Waals surface area contributed by atoms with Crippen LogP contribution in [0.3, 0.4) is 0 Å². The molecule has 1 aromatic rings. The number of ether oxygens (including phenoxy) is 1. The van der Waals surface area contributed by atoms with Gasteiger partial charge < -0.3 is 4.74 Å². The molecular formula is C13H18BNO2. The molecule has 1 heterocycles. The third-order valence-corrected chi connectivity index (χ3v) is 2.95. The quantitative estimate of drug-likeness (QED) is 0.556. The minimum Gasteiger partial charge on any atom is -0.459 e. The Balaban J connectivity index is 2.23. The van der Waals surface area contributed by atoms with Gasteiger partial charge in [-0.25, -0.2) is 0 Å². The highest BCUT2D eigenvalue weighted by atomic mass is 16.6. The van der Waals surface area contributed by atoms with Gasteiger partial charge in [-0.15, -0.1) is 0 Å². The van der Waals surface area contributed by atoms with Crippen LogP contribution >= 0.6 is 0 Å². The number of carbonyl (C=O) groups excluding carboxylic acids is 1. The standard InChI is InChI=1S/C13H18BNO2/c1-12(2,3)17-11(16)13(5-6-13)10-8-9(14)4-7-15-10/h4,7-8H,5-6,14H2,1-3H3. The van der Waals surface area contributed by atoms with Crippen molar-refractivity contribution in [2.24, 2.45) is 0 Å². The van der Waals surface area contributed by atoms with Crippen LogP contribution in [-0.2, 0) is 14.9 Å². The molecule has 90 valence electrons. The molecule has 1 aliphatic rings. The highest BCUT2D eigenvalue weighted by Gasteiger charge is 2.54. The first kappa shape index (κ1) is 12.2. The maximum atomic E-state index is 12.2. The van der Waals surface area contributed by atoms with E-state index in [2.05, 4.69) is 4.98 Å². The zero-order chi connectivity index (χ0) is 12.7. The van der Waals surface area contributed by atoms with E-state index >= 15 is 0 Å². The highest BCUT2D eigenvalue weighted by molar-refractivity contribution is 6.32. The van der Waals surface area contributed by atoms with Crippen LogP contribution in [-0.4, -0.2) is 24.4 Å². The van der Waals surface area contributed by atoms with Gasteiger partial charge in [0.2, 0.25) is 0 Å². The van der Waals surface area contributed by atoms with Gasteiger partial charge in [-0.3, -0.25) is 9.78 Å². The summed E-state index contributed by atoms with van der Waals surface area (Å²) in [6, 6.07) is 3.92. The Bertz CT molecular complexity index is 447. The maximum Gasteiger partial charge on any atom is 0.318 e. The van der Waals surface area contributed by atoms with Crippen molar-refractivity contribution in [1.82, 2.24) is 4.98 Å². The van der Waals surface area contributed by atoms with Gasteiger partial charge in [0.05, 0.1) is 5.69 Å². The minimum absolute atomic E-state index is 0.136. The third-order valence-electron chi connectivity index (χ3n) is 2.95. The first-order valence-electron chi connectivity index (χ1n) is 6.00. The Morgan fingerprint density at radius 1 is 1.47 bits per heavy atom. The lowest BCUT2D eigenvalue weighted by Crippen LogP contribution is -2.32. The van der Waals surface area contributed by atoms with Crippen molar-refractivity contribution < 1.29 is 9.53 Å². The molecule has 0 spiro atoms. The van der Waals surface area contributed by atoms with Crippen LogP contribution in [0.25, 0.3) is 0 Å². The average Bonchev–Trinajstić information content (AvgIpc) is 2.95. The molecule has 1 saturated carbocycles. The monoisotopic (exact) mass is 231 g/mol. The lowest BCUT2D eigenvalue weighted by molar-refractivity contribution is -0.158. The van der Waals surface area contributed by atoms with Crippen molar-refractivity contribution in [3.05, 3.63) is 24.0 Å². The molecule has 17 heavy (non-hydrogen) atoms. The van der Waals surface area contributed by atoms with Crippen LogP contribution in [0.15, 0.2) is 18.3 Å². The third kappa shape index (κ3) is 2.51. The first-order valence-corrected chi connectivity index (χ1v) is 6.00. The van der Waals surface area contributed by atoms with Gasteiger partial charge in [-0.1, -0.05) is 11.5 Å².